The quantitative estimate of drug-likeness (QED) is 0.730. The predicted octanol–water partition coefficient (Wildman–Crippen LogP) is 2.62. The fourth-order valence-corrected chi connectivity index (χ4v) is 2.54. The van der Waals surface area contributed by atoms with Crippen LogP contribution in [0, 0.1) is 5.41 Å². The molecule has 78 valence electrons. The van der Waals surface area contributed by atoms with Gasteiger partial charge in [0.1, 0.15) is 0 Å². The molecule has 1 saturated carbocycles. The summed E-state index contributed by atoms with van der Waals surface area (Å²) in [7, 11) is 0. The number of rotatable bonds is 1. The lowest BCUT2D eigenvalue weighted by atomic mass is 10.1. The van der Waals surface area contributed by atoms with Gasteiger partial charge in [-0.15, -0.1) is 0 Å². The first-order chi connectivity index (χ1) is 7.10. The molecule has 2 atom stereocenters. The number of hydrogen-bond donors (Lipinski definition) is 2. The van der Waals surface area contributed by atoms with E-state index in [-0.39, 0.29) is 5.41 Å². The van der Waals surface area contributed by atoms with Gasteiger partial charge >= 0.3 is 0 Å². The molecule has 1 heterocycles. The lowest BCUT2D eigenvalue weighted by molar-refractivity contribution is 0.596. The van der Waals surface area contributed by atoms with Gasteiger partial charge in [0, 0.05) is 23.2 Å². The Hall–Kier alpha value is -1.28. The van der Waals surface area contributed by atoms with Crippen molar-refractivity contribution in [1.82, 2.24) is 4.98 Å². The number of H-pyrrole nitrogens is 1. The van der Waals surface area contributed by atoms with Crippen LogP contribution in [0.5, 0.6) is 0 Å². The van der Waals surface area contributed by atoms with E-state index in [1.807, 2.05) is 0 Å². The maximum Gasteiger partial charge on any atom is 0.0456 e. The maximum absolute atomic E-state index is 6.08. The Bertz CT molecular complexity index is 477. The highest BCUT2D eigenvalue weighted by Crippen LogP contribution is 2.57. The summed E-state index contributed by atoms with van der Waals surface area (Å²) in [4.78, 5) is 3.46. The topological polar surface area (TPSA) is 41.8 Å². The molecule has 3 rings (SSSR count). The van der Waals surface area contributed by atoms with E-state index in [1.165, 1.54) is 16.6 Å². The molecule has 0 aliphatic heterocycles. The third-order valence-corrected chi connectivity index (χ3v) is 3.80. The second-order valence-electron chi connectivity index (χ2n) is 5.14. The van der Waals surface area contributed by atoms with Crippen LogP contribution in [0.4, 0.5) is 0 Å². The second kappa shape index (κ2) is 2.64. The molecule has 1 aliphatic rings. The summed E-state index contributed by atoms with van der Waals surface area (Å²) in [6, 6.07) is 10.9. The van der Waals surface area contributed by atoms with Gasteiger partial charge in [-0.3, -0.25) is 0 Å². The van der Waals surface area contributed by atoms with Crippen molar-refractivity contribution in [3.63, 3.8) is 0 Å². The molecule has 0 spiro atoms. The van der Waals surface area contributed by atoms with Crippen molar-refractivity contribution in [2.75, 3.05) is 0 Å². The van der Waals surface area contributed by atoms with E-state index < -0.39 is 0 Å². The van der Waals surface area contributed by atoms with Crippen LogP contribution >= 0.6 is 0 Å². The highest BCUT2D eigenvalue weighted by Gasteiger charge is 2.56. The fourth-order valence-electron chi connectivity index (χ4n) is 2.54. The third kappa shape index (κ3) is 1.15. The number of aromatic nitrogens is 1. The molecule has 2 nitrogen and oxygen atoms in total. The number of hydrogen-bond acceptors (Lipinski definition) is 1. The standard InChI is InChI=1S/C13H16N2/c1-13(2)11(12(13)14)10-7-8-5-3-4-6-9(8)15-10/h3-7,11-12,15H,14H2,1-2H3. The van der Waals surface area contributed by atoms with E-state index in [4.69, 9.17) is 5.73 Å². The van der Waals surface area contributed by atoms with Crippen molar-refractivity contribution in [3.8, 4) is 0 Å². The van der Waals surface area contributed by atoms with Crippen molar-refractivity contribution >= 4 is 10.9 Å². The Kier molecular flexibility index (Phi) is 1.58. The Labute approximate surface area is 89.5 Å². The van der Waals surface area contributed by atoms with E-state index in [0.29, 0.717) is 12.0 Å². The Morgan fingerprint density at radius 2 is 1.93 bits per heavy atom. The minimum Gasteiger partial charge on any atom is -0.358 e. The van der Waals surface area contributed by atoms with Crippen molar-refractivity contribution < 1.29 is 0 Å². The maximum atomic E-state index is 6.08. The summed E-state index contributed by atoms with van der Waals surface area (Å²) >= 11 is 0. The lowest BCUT2D eigenvalue weighted by Crippen LogP contribution is -2.06. The van der Waals surface area contributed by atoms with Crippen LogP contribution in [0.25, 0.3) is 10.9 Å². The first kappa shape index (κ1) is 8.98. The molecular formula is C13H16N2. The van der Waals surface area contributed by atoms with Crippen LogP contribution in [0.3, 0.4) is 0 Å². The molecule has 0 bridgehead atoms. The average Bonchev–Trinajstić information content (AvgIpc) is 2.61. The Morgan fingerprint density at radius 1 is 1.27 bits per heavy atom. The van der Waals surface area contributed by atoms with Gasteiger partial charge in [-0.2, -0.15) is 0 Å². The summed E-state index contributed by atoms with van der Waals surface area (Å²) in [6.45, 7) is 4.46. The Balaban J connectivity index is 2.07. The number of aromatic amines is 1. The van der Waals surface area contributed by atoms with Gasteiger partial charge in [0.05, 0.1) is 0 Å². The van der Waals surface area contributed by atoms with E-state index >= 15 is 0 Å². The van der Waals surface area contributed by atoms with Crippen LogP contribution in [-0.2, 0) is 0 Å². The van der Waals surface area contributed by atoms with Crippen molar-refractivity contribution in [3.05, 3.63) is 36.0 Å². The zero-order chi connectivity index (χ0) is 10.6. The fraction of sp³-hybridized carbons (Fsp3) is 0.385. The smallest absolute Gasteiger partial charge is 0.0456 e. The van der Waals surface area contributed by atoms with Gasteiger partial charge < -0.3 is 10.7 Å². The normalized spacial score (nSPS) is 28.2. The van der Waals surface area contributed by atoms with Gasteiger partial charge in [0.15, 0.2) is 0 Å². The van der Waals surface area contributed by atoms with Crippen LogP contribution < -0.4 is 5.73 Å². The average molecular weight is 200 g/mol. The van der Waals surface area contributed by atoms with Crippen LogP contribution in [0.2, 0.25) is 0 Å². The van der Waals surface area contributed by atoms with Gasteiger partial charge in [-0.05, 0) is 22.9 Å². The third-order valence-electron chi connectivity index (χ3n) is 3.80. The van der Waals surface area contributed by atoms with Crippen LogP contribution in [0.1, 0.15) is 25.5 Å². The molecule has 3 N–H and O–H groups in total. The minimum atomic E-state index is 0.251. The largest absolute Gasteiger partial charge is 0.358 e. The lowest BCUT2D eigenvalue weighted by Gasteiger charge is -1.98. The van der Waals surface area contributed by atoms with Crippen molar-refractivity contribution in [2.45, 2.75) is 25.8 Å². The number of benzene rings is 1. The van der Waals surface area contributed by atoms with Crippen LogP contribution in [0.15, 0.2) is 30.3 Å². The first-order valence-corrected chi connectivity index (χ1v) is 5.44. The molecule has 2 unspecified atom stereocenters. The summed E-state index contributed by atoms with van der Waals surface area (Å²) < 4.78 is 0. The highest BCUT2D eigenvalue weighted by molar-refractivity contribution is 5.80. The SMILES string of the molecule is CC1(C)C(N)C1c1cc2ccccc2[nH]1. The van der Waals surface area contributed by atoms with Crippen molar-refractivity contribution in [1.29, 1.82) is 0 Å². The van der Waals surface area contributed by atoms with Gasteiger partial charge in [-0.1, -0.05) is 32.0 Å². The number of para-hydroxylation sites is 1. The second-order valence-corrected chi connectivity index (χ2v) is 5.14. The summed E-state index contributed by atoms with van der Waals surface area (Å²) in [5, 5.41) is 1.28. The van der Waals surface area contributed by atoms with Gasteiger partial charge in [0.2, 0.25) is 0 Å². The number of nitrogens with two attached hydrogens (primary N) is 1. The van der Waals surface area contributed by atoms with E-state index in [9.17, 15) is 0 Å². The summed E-state index contributed by atoms with van der Waals surface area (Å²) in [5.41, 5.74) is 8.83. The number of nitrogens with one attached hydrogen (secondary N) is 1. The van der Waals surface area contributed by atoms with Gasteiger partial charge in [-0.25, -0.2) is 0 Å². The molecule has 15 heavy (non-hydrogen) atoms. The minimum absolute atomic E-state index is 0.251. The Morgan fingerprint density at radius 3 is 2.53 bits per heavy atom. The zero-order valence-corrected chi connectivity index (χ0v) is 9.12. The monoisotopic (exact) mass is 200 g/mol. The van der Waals surface area contributed by atoms with E-state index in [2.05, 4.69) is 49.2 Å². The molecule has 0 amide bonds. The molecule has 1 fully saturated rings. The molecule has 1 aromatic carbocycles. The van der Waals surface area contributed by atoms with Crippen LogP contribution in [-0.4, -0.2) is 11.0 Å². The van der Waals surface area contributed by atoms with E-state index in [1.54, 1.807) is 0 Å². The first-order valence-electron chi connectivity index (χ1n) is 5.44. The molecule has 2 aromatic rings. The summed E-state index contributed by atoms with van der Waals surface area (Å²) in [5.74, 6) is 0.491. The molecule has 0 radical (unpaired) electrons. The van der Waals surface area contributed by atoms with Crippen molar-refractivity contribution in [2.24, 2.45) is 11.1 Å². The zero-order valence-electron chi connectivity index (χ0n) is 9.12. The van der Waals surface area contributed by atoms with Gasteiger partial charge in [0.25, 0.3) is 0 Å². The van der Waals surface area contributed by atoms with E-state index in [0.717, 1.165) is 0 Å². The molecule has 0 saturated heterocycles. The molecular weight excluding hydrogens is 184 g/mol. The predicted molar refractivity (Wildman–Crippen MR) is 62.8 cm³/mol. The highest BCUT2D eigenvalue weighted by atomic mass is 14.9. The molecule has 1 aromatic heterocycles. The molecule has 1 aliphatic carbocycles. The molecule has 2 heteroatoms. The number of fused-ring (bicyclic) bond motifs is 1. The summed E-state index contributed by atoms with van der Waals surface area (Å²) in [6.07, 6.45) is 0.